The molecule has 1 aromatic carbocycles. The van der Waals surface area contributed by atoms with Crippen molar-refractivity contribution in [1.29, 1.82) is 0 Å². The molecular weight excluding hydrogens is 814 g/mol. The van der Waals surface area contributed by atoms with Gasteiger partial charge >= 0.3 is 5.69 Å². The molecule has 0 saturated carbocycles. The van der Waals surface area contributed by atoms with Crippen LogP contribution < -0.4 is 26.8 Å². The van der Waals surface area contributed by atoms with Gasteiger partial charge in [-0.3, -0.25) is 38.4 Å². The Labute approximate surface area is 355 Å². The number of benzene rings is 1. The minimum atomic E-state index is -4.01. The maximum atomic E-state index is 13.4. The molecule has 7 atom stereocenters. The Balaban J connectivity index is 0.920. The summed E-state index contributed by atoms with van der Waals surface area (Å²) < 4.78 is 28.7. The number of aromatic nitrogens is 2. The summed E-state index contributed by atoms with van der Waals surface area (Å²) in [4.78, 5) is 91.4. The number of nitrogens with one attached hydrogen (secondary N) is 3. The molecule has 0 radical (unpaired) electrons. The van der Waals surface area contributed by atoms with Crippen LogP contribution in [0, 0.1) is 5.92 Å². The predicted octanol–water partition coefficient (Wildman–Crippen LogP) is 3.88. The van der Waals surface area contributed by atoms with Crippen LogP contribution in [0.3, 0.4) is 0 Å². The number of fused-ring (bicyclic) bond motifs is 1. The van der Waals surface area contributed by atoms with Crippen molar-refractivity contribution >= 4 is 49.1 Å². The van der Waals surface area contributed by atoms with Gasteiger partial charge in [-0.2, -0.15) is 11.8 Å². The summed E-state index contributed by atoms with van der Waals surface area (Å²) >= 11 is 1.83. The van der Waals surface area contributed by atoms with Gasteiger partial charge in [0.1, 0.15) is 19.9 Å². The maximum Gasteiger partial charge on any atom is 0.330 e. The second-order valence-corrected chi connectivity index (χ2v) is 19.9. The van der Waals surface area contributed by atoms with Gasteiger partial charge < -0.3 is 34.1 Å². The first-order valence-corrected chi connectivity index (χ1v) is 23.8. The summed E-state index contributed by atoms with van der Waals surface area (Å²) in [6.45, 7) is 8.02. The highest BCUT2D eigenvalue weighted by atomic mass is 32.2. The Hall–Kier alpha value is -3.86. The summed E-state index contributed by atoms with van der Waals surface area (Å²) in [6.07, 6.45) is 8.46. The standard InChI is InChI=1S/C42H60N5O11PS/c1-42(2,3)29-17-14-27(15-18-29)40(52)47-31-26-60-34(30(31)22-37(47)50)12-8-9-13-35(48)43-20-10-6-7-11-21-44-36(49)19-16-28-24-46(41(53)45-39(28)51)38-23-32(56-4)33(58-38)25-57-59(5,54)55/h14-19,24,30-34,38H,6-13,20-23,25-26H2,1-5H3,(H,43,48)(H,44,49)(H,54,55)(H,45,51,53)/p-1/b19-16+/t30?,31?,32?,33-,34?,38-/m1/s1. The predicted molar refractivity (Wildman–Crippen MR) is 227 cm³/mol. The van der Waals surface area contributed by atoms with Crippen molar-refractivity contribution in [2.45, 2.75) is 120 Å². The minimum absolute atomic E-state index is 0.0177. The van der Waals surface area contributed by atoms with Gasteiger partial charge in [-0.1, -0.05) is 52.2 Å². The average Bonchev–Trinajstić information content (AvgIpc) is 3.88. The van der Waals surface area contributed by atoms with Gasteiger partial charge in [-0.05, 0) is 54.9 Å². The highest BCUT2D eigenvalue weighted by Gasteiger charge is 2.50. The number of thioether (sulfide) groups is 1. The number of carbonyl (C=O) groups excluding carboxylic acids is 4. The van der Waals surface area contributed by atoms with Gasteiger partial charge in [-0.15, -0.1) is 0 Å². The minimum Gasteiger partial charge on any atom is -0.779 e. The van der Waals surface area contributed by atoms with Gasteiger partial charge in [0.25, 0.3) is 11.5 Å². The zero-order valence-corrected chi connectivity index (χ0v) is 36.9. The molecule has 3 aliphatic rings. The van der Waals surface area contributed by atoms with Crippen molar-refractivity contribution in [2.24, 2.45) is 5.92 Å². The SMILES string of the molecule is COC1C[C@H](n2cc(/C=C/C(=O)NCCCCCCNC(=O)CCCCC3SCC4C3CC(=O)N4C(=O)c3ccc(C(C)(C)C)cc3)c(=O)[nH]c2=O)O[C@@H]1COP(C)(=O)[O-]. The molecule has 0 spiro atoms. The second-order valence-electron chi connectivity index (χ2n) is 16.8. The van der Waals surface area contributed by atoms with Crippen LogP contribution >= 0.6 is 19.4 Å². The number of hydrogen-bond acceptors (Lipinski definition) is 12. The first-order chi connectivity index (χ1) is 28.4. The van der Waals surface area contributed by atoms with Gasteiger partial charge in [0, 0.05) is 80.9 Å². The van der Waals surface area contributed by atoms with E-state index < -0.39 is 43.2 Å². The van der Waals surface area contributed by atoms with Crippen LogP contribution in [0.2, 0.25) is 0 Å². The Morgan fingerprint density at radius 1 is 1.03 bits per heavy atom. The van der Waals surface area contributed by atoms with E-state index in [1.165, 1.54) is 30.4 Å². The van der Waals surface area contributed by atoms with Gasteiger partial charge in [-0.25, -0.2) is 4.79 Å². The highest BCUT2D eigenvalue weighted by Crippen LogP contribution is 2.45. The molecule has 18 heteroatoms. The highest BCUT2D eigenvalue weighted by molar-refractivity contribution is 8.00. The van der Waals surface area contributed by atoms with Gasteiger partial charge in [0.05, 0.1) is 24.3 Å². The maximum absolute atomic E-state index is 13.4. The fourth-order valence-corrected chi connectivity index (χ4v) is 9.96. The summed E-state index contributed by atoms with van der Waals surface area (Å²) in [6, 6.07) is 7.52. The smallest absolute Gasteiger partial charge is 0.330 e. The van der Waals surface area contributed by atoms with Crippen molar-refractivity contribution in [2.75, 3.05) is 39.2 Å². The van der Waals surface area contributed by atoms with E-state index in [1.54, 1.807) is 0 Å². The molecule has 4 amide bonds. The number of rotatable bonds is 20. The Kier molecular flexibility index (Phi) is 16.7. The molecule has 0 bridgehead atoms. The van der Waals surface area contributed by atoms with E-state index in [4.69, 9.17) is 14.0 Å². The van der Waals surface area contributed by atoms with Crippen molar-refractivity contribution < 1.29 is 42.6 Å². The molecule has 5 unspecified atom stereocenters. The fourth-order valence-electron chi connectivity index (χ4n) is 7.85. The number of methoxy groups -OCH3 is 1. The number of nitrogens with zero attached hydrogens (tertiary/aromatic N) is 2. The Morgan fingerprint density at radius 2 is 1.73 bits per heavy atom. The molecule has 0 aliphatic carbocycles. The number of carbonyl (C=O) groups is 4. The molecule has 3 saturated heterocycles. The topological polar surface area (TPSA) is 218 Å². The van der Waals surface area contributed by atoms with E-state index in [-0.39, 0.29) is 53.7 Å². The van der Waals surface area contributed by atoms with Crippen molar-refractivity contribution in [3.05, 3.63) is 74.1 Å². The van der Waals surface area contributed by atoms with Crippen LogP contribution in [0.1, 0.15) is 113 Å². The van der Waals surface area contributed by atoms with E-state index in [0.717, 1.165) is 67.5 Å². The molecule has 16 nitrogen and oxygen atoms in total. The zero-order chi connectivity index (χ0) is 43.6. The van der Waals surface area contributed by atoms with E-state index in [9.17, 15) is 38.2 Å². The van der Waals surface area contributed by atoms with Crippen LogP contribution in [0.5, 0.6) is 0 Å². The molecule has 2 aromatic rings. The van der Waals surface area contributed by atoms with Crippen LogP contribution in [0.4, 0.5) is 0 Å². The molecule has 1 aromatic heterocycles. The number of aromatic amines is 1. The summed E-state index contributed by atoms with van der Waals surface area (Å²) in [7, 11) is -2.58. The van der Waals surface area contributed by atoms with E-state index in [1.807, 2.05) is 36.0 Å². The van der Waals surface area contributed by atoms with Gasteiger partial charge in [0.2, 0.25) is 17.7 Å². The van der Waals surface area contributed by atoms with Crippen molar-refractivity contribution in [1.82, 2.24) is 25.1 Å². The lowest BCUT2D eigenvalue weighted by Crippen LogP contribution is -2.40. The van der Waals surface area contributed by atoms with Gasteiger partial charge in [0.15, 0.2) is 0 Å². The quantitative estimate of drug-likeness (QED) is 0.0748. The molecule has 3 N–H and O–H groups in total. The lowest BCUT2D eigenvalue weighted by Gasteiger charge is -2.23. The zero-order valence-electron chi connectivity index (χ0n) is 35.1. The Bertz CT molecular complexity index is 2020. The third-order valence-electron chi connectivity index (χ3n) is 11.2. The number of likely N-dealkylation sites (tertiary alicyclic amines) is 1. The lowest BCUT2D eigenvalue weighted by molar-refractivity contribution is -0.200. The van der Waals surface area contributed by atoms with E-state index in [0.29, 0.717) is 36.7 Å². The summed E-state index contributed by atoms with van der Waals surface area (Å²) in [5.41, 5.74) is 0.302. The molecule has 3 aliphatic heterocycles. The number of H-pyrrole nitrogens is 1. The molecule has 3 fully saturated rings. The van der Waals surface area contributed by atoms with Crippen molar-refractivity contribution in [3.8, 4) is 0 Å². The third kappa shape index (κ3) is 13.1. The molecule has 5 rings (SSSR count). The van der Waals surface area contributed by atoms with Crippen LogP contribution in [-0.4, -0.2) is 101 Å². The molecule has 60 heavy (non-hydrogen) atoms. The monoisotopic (exact) mass is 872 g/mol. The summed E-state index contributed by atoms with van der Waals surface area (Å²) in [5.74, 6) is 0.214. The number of hydrogen-bond donors (Lipinski definition) is 3. The normalized spacial score (nSPS) is 23.8. The molecule has 4 heterocycles. The first-order valence-electron chi connectivity index (χ1n) is 20.7. The van der Waals surface area contributed by atoms with Crippen LogP contribution in [0.25, 0.3) is 6.08 Å². The third-order valence-corrected chi connectivity index (χ3v) is 13.4. The van der Waals surface area contributed by atoms with E-state index >= 15 is 0 Å². The van der Waals surface area contributed by atoms with E-state index in [2.05, 4.69) is 36.4 Å². The number of ether oxygens (including phenoxy) is 2. The van der Waals surface area contributed by atoms with Crippen molar-refractivity contribution in [3.63, 3.8) is 0 Å². The number of amides is 4. The lowest BCUT2D eigenvalue weighted by atomic mass is 9.86. The average molecular weight is 873 g/mol. The Morgan fingerprint density at radius 3 is 2.40 bits per heavy atom. The number of imide groups is 1. The largest absolute Gasteiger partial charge is 0.779 e. The number of unbranched alkanes of at least 4 members (excludes halogenated alkanes) is 4. The van der Waals surface area contributed by atoms with Crippen LogP contribution in [-0.2, 0) is 38.4 Å². The fraction of sp³-hybridized carbons (Fsp3) is 0.619. The first kappa shape index (κ1) is 47.2. The second kappa shape index (κ2) is 21.3. The summed E-state index contributed by atoms with van der Waals surface area (Å²) in [5, 5.41) is 6.06. The molecule has 330 valence electrons. The van der Waals surface area contributed by atoms with Crippen LogP contribution in [0.15, 0.2) is 46.1 Å². The molecular formula is C42H59N5O11PS-.